The Morgan fingerprint density at radius 1 is 0.472 bits per heavy atom. The van der Waals surface area contributed by atoms with Crippen molar-refractivity contribution in [3.05, 3.63) is 0 Å². The van der Waals surface area contributed by atoms with Gasteiger partial charge in [-0.25, -0.2) is 0 Å². The largest absolute Gasteiger partial charge is 0.462 e. The number of hydrogen-bond acceptors (Lipinski definition) is 6. The van der Waals surface area contributed by atoms with E-state index in [1.165, 1.54) is 193 Å². The quantitative estimate of drug-likeness (QED) is 0.0548. The van der Waals surface area contributed by atoms with Crippen LogP contribution in [0.25, 0.3) is 0 Å². The summed E-state index contributed by atoms with van der Waals surface area (Å²) in [4.78, 5) is 25.3. The van der Waals surface area contributed by atoms with Crippen LogP contribution in [0.5, 0.6) is 0 Å². The van der Waals surface area contributed by atoms with Gasteiger partial charge in [0.2, 0.25) is 6.29 Å². The van der Waals surface area contributed by atoms with Crippen molar-refractivity contribution >= 4 is 11.9 Å². The summed E-state index contributed by atoms with van der Waals surface area (Å²) >= 11 is 0. The first kappa shape index (κ1) is 49.9. The lowest BCUT2D eigenvalue weighted by Crippen LogP contribution is -2.36. The molecule has 0 heterocycles. The fourth-order valence-corrected chi connectivity index (χ4v) is 7.98. The van der Waals surface area contributed by atoms with Gasteiger partial charge in [-0.3, -0.25) is 9.59 Å². The zero-order valence-corrected chi connectivity index (χ0v) is 35.3. The molecule has 53 heavy (non-hydrogen) atoms. The first-order valence-corrected chi connectivity index (χ1v) is 23.8. The molecule has 6 nitrogen and oxygen atoms in total. The van der Waals surface area contributed by atoms with Crippen LogP contribution in [-0.2, 0) is 19.1 Å². The average Bonchev–Trinajstić information content (AvgIpc) is 3.15. The molecule has 2 N–H and O–H groups in total. The summed E-state index contributed by atoms with van der Waals surface area (Å²) in [6.45, 7) is 1.92. The summed E-state index contributed by atoms with van der Waals surface area (Å²) in [7, 11) is 0. The number of esters is 2. The van der Waals surface area contributed by atoms with Crippen LogP contribution in [0.4, 0.5) is 0 Å². The Bertz CT molecular complexity index is 765. The lowest BCUT2D eigenvalue weighted by molar-refractivity contribution is -0.194. The highest BCUT2D eigenvalue weighted by Crippen LogP contribution is 2.22. The SMILES string of the molecule is CCCCCCCCCCCCCCCCCCCCCC(=O)OC(O)C(O)COC(=O)C1CCCCCCCCCCCCCCCCCCCC1. The molecule has 0 aromatic carbocycles. The zero-order chi connectivity index (χ0) is 38.3. The molecule has 1 aliphatic carbocycles. The van der Waals surface area contributed by atoms with Crippen LogP contribution in [0.15, 0.2) is 0 Å². The van der Waals surface area contributed by atoms with E-state index in [2.05, 4.69) is 6.92 Å². The normalized spacial score (nSPS) is 18.1. The van der Waals surface area contributed by atoms with Crippen LogP contribution in [0.2, 0.25) is 0 Å². The van der Waals surface area contributed by atoms with Gasteiger partial charge in [0, 0.05) is 6.42 Å². The fraction of sp³-hybridized carbons (Fsp3) is 0.957. The summed E-state index contributed by atoms with van der Waals surface area (Å²) in [5.41, 5.74) is 0. The molecule has 2 unspecified atom stereocenters. The van der Waals surface area contributed by atoms with Crippen molar-refractivity contribution in [3.8, 4) is 0 Å². The summed E-state index contributed by atoms with van der Waals surface area (Å²) in [6.07, 6.45) is 46.3. The molecule has 0 aromatic heterocycles. The highest BCUT2D eigenvalue weighted by molar-refractivity contribution is 5.72. The monoisotopic (exact) mass is 751 g/mol. The number of hydrogen-bond donors (Lipinski definition) is 2. The highest BCUT2D eigenvalue weighted by Gasteiger charge is 2.25. The van der Waals surface area contributed by atoms with Crippen LogP contribution >= 0.6 is 0 Å². The molecule has 0 amide bonds. The molecule has 0 aliphatic heterocycles. The standard InChI is InChI=1S/C47H90O6/c1-2-3-4-5-6-7-8-9-10-11-12-17-20-23-26-29-32-35-38-41-45(49)53-47(51)44(48)42-52-46(50)43-39-36-33-30-27-24-21-18-15-13-14-16-19-22-25-28-31-34-37-40-43/h43-44,47-48,51H,2-42H2,1H3. The van der Waals surface area contributed by atoms with E-state index < -0.39 is 18.4 Å². The Balaban J connectivity index is 2.12. The minimum atomic E-state index is -1.68. The smallest absolute Gasteiger partial charge is 0.309 e. The van der Waals surface area contributed by atoms with Crippen molar-refractivity contribution in [1.29, 1.82) is 0 Å². The van der Waals surface area contributed by atoms with Gasteiger partial charge in [-0.2, -0.15) is 0 Å². The minimum Gasteiger partial charge on any atom is -0.462 e. The van der Waals surface area contributed by atoms with Gasteiger partial charge in [0.05, 0.1) is 5.92 Å². The number of carbonyl (C=O) groups is 2. The summed E-state index contributed by atoms with van der Waals surface area (Å²) in [5, 5.41) is 20.7. The van der Waals surface area contributed by atoms with Gasteiger partial charge in [-0.05, 0) is 19.3 Å². The van der Waals surface area contributed by atoms with Gasteiger partial charge in [0.1, 0.15) is 6.61 Å². The molecule has 0 bridgehead atoms. The maximum Gasteiger partial charge on any atom is 0.309 e. The van der Waals surface area contributed by atoms with Crippen LogP contribution in [-0.4, -0.2) is 41.2 Å². The highest BCUT2D eigenvalue weighted by atomic mass is 16.6. The molecule has 2 atom stereocenters. The lowest BCUT2D eigenvalue weighted by Gasteiger charge is -2.20. The molecule has 314 valence electrons. The zero-order valence-electron chi connectivity index (χ0n) is 35.3. The lowest BCUT2D eigenvalue weighted by atomic mass is 9.94. The van der Waals surface area contributed by atoms with E-state index in [1.807, 2.05) is 0 Å². The second-order valence-electron chi connectivity index (χ2n) is 16.8. The van der Waals surface area contributed by atoms with E-state index in [4.69, 9.17) is 9.47 Å². The van der Waals surface area contributed by atoms with Gasteiger partial charge < -0.3 is 19.7 Å². The third kappa shape index (κ3) is 33.9. The predicted molar refractivity (Wildman–Crippen MR) is 223 cm³/mol. The van der Waals surface area contributed by atoms with E-state index in [0.29, 0.717) is 0 Å². The first-order chi connectivity index (χ1) is 26.0. The summed E-state index contributed by atoms with van der Waals surface area (Å²) in [5.74, 6) is -0.985. The van der Waals surface area contributed by atoms with Gasteiger partial charge in [-0.1, -0.05) is 238 Å². The predicted octanol–water partition coefficient (Wildman–Crippen LogP) is 14.0. The van der Waals surface area contributed by atoms with Gasteiger partial charge >= 0.3 is 11.9 Å². The molecule has 1 aliphatic rings. The number of aliphatic hydroxyl groups is 2. The number of carbonyl (C=O) groups excluding carboxylic acids is 2. The number of unbranched alkanes of at least 4 members (excludes halogenated alkanes) is 18. The second kappa shape index (κ2) is 39.1. The van der Waals surface area contributed by atoms with E-state index in [1.54, 1.807) is 0 Å². The van der Waals surface area contributed by atoms with Crippen molar-refractivity contribution in [2.24, 2.45) is 5.92 Å². The fourth-order valence-electron chi connectivity index (χ4n) is 7.98. The van der Waals surface area contributed by atoms with E-state index >= 15 is 0 Å². The van der Waals surface area contributed by atoms with E-state index in [9.17, 15) is 19.8 Å². The number of aliphatic hydroxyl groups excluding tert-OH is 2. The topological polar surface area (TPSA) is 93.1 Å². The number of ether oxygens (including phenoxy) is 2. The van der Waals surface area contributed by atoms with Crippen molar-refractivity contribution in [2.45, 2.75) is 276 Å². The Kier molecular flexibility index (Phi) is 36.8. The summed E-state index contributed by atoms with van der Waals surface area (Å²) < 4.78 is 10.6. The van der Waals surface area contributed by atoms with Crippen LogP contribution in [0, 0.1) is 5.92 Å². The molecule has 0 saturated heterocycles. The van der Waals surface area contributed by atoms with Crippen molar-refractivity contribution < 1.29 is 29.3 Å². The van der Waals surface area contributed by atoms with Crippen LogP contribution in [0.1, 0.15) is 264 Å². The molecule has 0 aromatic rings. The molecule has 6 heteroatoms. The average molecular weight is 751 g/mol. The summed E-state index contributed by atoms with van der Waals surface area (Å²) in [6, 6.07) is 0. The Labute approximate surface area is 329 Å². The van der Waals surface area contributed by atoms with Gasteiger partial charge in [0.15, 0.2) is 6.10 Å². The first-order valence-electron chi connectivity index (χ1n) is 23.8. The maximum absolute atomic E-state index is 13.0. The van der Waals surface area contributed by atoms with Crippen molar-refractivity contribution in [2.75, 3.05) is 6.61 Å². The Morgan fingerprint density at radius 2 is 0.774 bits per heavy atom. The van der Waals surface area contributed by atoms with Gasteiger partial charge in [-0.15, -0.1) is 0 Å². The Morgan fingerprint density at radius 3 is 1.11 bits per heavy atom. The van der Waals surface area contributed by atoms with Crippen LogP contribution < -0.4 is 0 Å². The molecule has 1 rings (SSSR count). The van der Waals surface area contributed by atoms with Crippen molar-refractivity contribution in [1.82, 2.24) is 0 Å². The third-order valence-electron chi connectivity index (χ3n) is 11.7. The molecule has 0 radical (unpaired) electrons. The van der Waals surface area contributed by atoms with E-state index in [-0.39, 0.29) is 24.9 Å². The Hall–Kier alpha value is -1.14. The third-order valence-corrected chi connectivity index (χ3v) is 11.7. The molecular formula is C47H90O6. The van der Waals surface area contributed by atoms with Gasteiger partial charge in [0.25, 0.3) is 0 Å². The van der Waals surface area contributed by atoms with Crippen LogP contribution in [0.3, 0.4) is 0 Å². The molecule has 1 saturated carbocycles. The molecular weight excluding hydrogens is 661 g/mol. The molecule has 1 fully saturated rings. The van der Waals surface area contributed by atoms with Crippen molar-refractivity contribution in [3.63, 3.8) is 0 Å². The minimum absolute atomic E-state index is 0.176. The number of rotatable bonds is 25. The second-order valence-corrected chi connectivity index (χ2v) is 16.8. The molecule has 0 spiro atoms. The van der Waals surface area contributed by atoms with E-state index in [0.717, 1.165) is 57.8 Å². The maximum atomic E-state index is 13.0.